The number of likely N-dealkylation sites (tertiary alicyclic amines) is 1. The second-order valence-corrected chi connectivity index (χ2v) is 7.99. The van der Waals surface area contributed by atoms with Crippen molar-refractivity contribution in [2.75, 3.05) is 19.6 Å². The Kier molecular flexibility index (Phi) is 7.64. The largest absolute Gasteiger partial charge is 0.352 e. The summed E-state index contributed by atoms with van der Waals surface area (Å²) in [6, 6.07) is 8.41. The first-order valence-corrected chi connectivity index (χ1v) is 10.3. The normalized spacial score (nSPS) is 15.1. The maximum Gasteiger partial charge on any atom is 0.251 e. The first-order chi connectivity index (χ1) is 14.3. The lowest BCUT2D eigenvalue weighted by Gasteiger charge is -2.32. The highest BCUT2D eigenvalue weighted by Gasteiger charge is 2.21. The molecule has 1 aliphatic rings. The Morgan fingerprint density at radius 3 is 2.40 bits per heavy atom. The summed E-state index contributed by atoms with van der Waals surface area (Å²) < 4.78 is 26.4. The molecule has 1 aliphatic heterocycles. The number of halogens is 4. The molecule has 2 amide bonds. The number of nitrogens with one attached hydrogen (secondary N) is 2. The van der Waals surface area contributed by atoms with Crippen molar-refractivity contribution in [1.29, 1.82) is 0 Å². The zero-order valence-corrected chi connectivity index (χ0v) is 17.6. The van der Waals surface area contributed by atoms with Gasteiger partial charge in [-0.3, -0.25) is 14.5 Å². The highest BCUT2D eigenvalue weighted by Crippen LogP contribution is 2.22. The Bertz CT molecular complexity index is 934. The van der Waals surface area contributed by atoms with Gasteiger partial charge in [0, 0.05) is 31.2 Å². The lowest BCUT2D eigenvalue weighted by Crippen LogP contribution is -2.47. The van der Waals surface area contributed by atoms with Crippen LogP contribution in [-0.2, 0) is 11.3 Å². The summed E-state index contributed by atoms with van der Waals surface area (Å²) in [7, 11) is 0. The van der Waals surface area contributed by atoms with Crippen molar-refractivity contribution in [1.82, 2.24) is 15.5 Å². The molecular formula is C21H21Cl2F2N3O2. The number of benzene rings is 2. The Morgan fingerprint density at radius 1 is 1.00 bits per heavy atom. The molecule has 0 aliphatic carbocycles. The first-order valence-electron chi connectivity index (χ1n) is 9.50. The molecule has 2 aromatic carbocycles. The molecule has 0 saturated carbocycles. The third-order valence-electron chi connectivity index (χ3n) is 4.93. The van der Waals surface area contributed by atoms with Gasteiger partial charge in [0.1, 0.15) is 0 Å². The number of hydrogen-bond acceptors (Lipinski definition) is 3. The molecule has 1 fully saturated rings. The van der Waals surface area contributed by atoms with Crippen LogP contribution in [0, 0.1) is 11.6 Å². The molecule has 30 heavy (non-hydrogen) atoms. The van der Waals surface area contributed by atoms with E-state index in [0.717, 1.165) is 32.0 Å². The van der Waals surface area contributed by atoms with E-state index in [4.69, 9.17) is 23.2 Å². The molecule has 9 heteroatoms. The molecule has 2 aromatic rings. The first kappa shape index (κ1) is 22.5. The highest BCUT2D eigenvalue weighted by atomic mass is 35.5. The zero-order chi connectivity index (χ0) is 21.7. The average molecular weight is 456 g/mol. The Hall–Kier alpha value is -2.22. The van der Waals surface area contributed by atoms with E-state index < -0.39 is 17.5 Å². The summed E-state index contributed by atoms with van der Waals surface area (Å²) in [6.07, 6.45) is 1.46. The molecule has 0 bridgehead atoms. The Labute approximate surface area is 183 Å². The summed E-state index contributed by atoms with van der Waals surface area (Å²) in [4.78, 5) is 26.4. The smallest absolute Gasteiger partial charge is 0.251 e. The maximum absolute atomic E-state index is 13.3. The lowest BCUT2D eigenvalue weighted by molar-refractivity contribution is -0.121. The average Bonchev–Trinajstić information content (AvgIpc) is 2.72. The zero-order valence-electron chi connectivity index (χ0n) is 16.1. The van der Waals surface area contributed by atoms with Gasteiger partial charge in [-0.25, -0.2) is 8.78 Å². The van der Waals surface area contributed by atoms with Gasteiger partial charge in [-0.15, -0.1) is 0 Å². The summed E-state index contributed by atoms with van der Waals surface area (Å²) in [5, 5.41) is 6.08. The summed E-state index contributed by atoms with van der Waals surface area (Å²) >= 11 is 11.7. The summed E-state index contributed by atoms with van der Waals surface area (Å²) in [5.41, 5.74) is 1.03. The van der Waals surface area contributed by atoms with Crippen molar-refractivity contribution in [2.45, 2.75) is 25.4 Å². The Morgan fingerprint density at radius 2 is 1.73 bits per heavy atom. The predicted molar refractivity (Wildman–Crippen MR) is 112 cm³/mol. The monoisotopic (exact) mass is 455 g/mol. The molecule has 0 atom stereocenters. The van der Waals surface area contributed by atoms with Gasteiger partial charge in [0.05, 0.1) is 16.6 Å². The van der Waals surface area contributed by atoms with Crippen LogP contribution in [0.4, 0.5) is 8.78 Å². The quantitative estimate of drug-likeness (QED) is 0.696. The molecule has 2 N–H and O–H groups in total. The second kappa shape index (κ2) is 10.2. The minimum Gasteiger partial charge on any atom is -0.352 e. The van der Waals surface area contributed by atoms with Crippen molar-refractivity contribution in [3.63, 3.8) is 0 Å². The van der Waals surface area contributed by atoms with Gasteiger partial charge in [-0.2, -0.15) is 0 Å². The molecule has 1 saturated heterocycles. The summed E-state index contributed by atoms with van der Waals surface area (Å²) in [5.74, 6) is -2.39. The third kappa shape index (κ3) is 6.14. The molecule has 3 rings (SSSR count). The van der Waals surface area contributed by atoms with Crippen LogP contribution in [0.1, 0.15) is 28.8 Å². The number of amides is 2. The van der Waals surface area contributed by atoms with Crippen molar-refractivity contribution < 1.29 is 18.4 Å². The van der Waals surface area contributed by atoms with E-state index in [-0.39, 0.29) is 23.5 Å². The predicted octanol–water partition coefficient (Wildman–Crippen LogP) is 3.78. The molecule has 0 spiro atoms. The lowest BCUT2D eigenvalue weighted by atomic mass is 10.0. The molecule has 0 aromatic heterocycles. The second-order valence-electron chi connectivity index (χ2n) is 7.18. The van der Waals surface area contributed by atoms with E-state index in [1.54, 1.807) is 6.07 Å². The van der Waals surface area contributed by atoms with Crippen molar-refractivity contribution in [3.8, 4) is 0 Å². The molecule has 5 nitrogen and oxygen atoms in total. The fourth-order valence-electron chi connectivity index (χ4n) is 3.31. The molecule has 1 heterocycles. The number of carbonyl (C=O) groups is 2. The van der Waals surface area contributed by atoms with Crippen LogP contribution in [0.3, 0.4) is 0 Å². The van der Waals surface area contributed by atoms with Crippen molar-refractivity contribution in [3.05, 3.63) is 69.2 Å². The van der Waals surface area contributed by atoms with Gasteiger partial charge in [0.25, 0.3) is 5.91 Å². The van der Waals surface area contributed by atoms with Gasteiger partial charge in [-0.05, 0) is 48.7 Å². The van der Waals surface area contributed by atoms with Crippen LogP contribution in [0.25, 0.3) is 0 Å². The SMILES string of the molecule is O=C(CNC(=O)c1ccc(Cl)c(Cl)c1)NC1CCN(Cc2ccc(F)c(F)c2)CC1. The number of nitrogens with zero attached hydrogens (tertiary/aromatic N) is 1. The fourth-order valence-corrected chi connectivity index (χ4v) is 3.61. The van der Waals surface area contributed by atoms with E-state index in [2.05, 4.69) is 15.5 Å². The fraction of sp³-hybridized carbons (Fsp3) is 0.333. The van der Waals surface area contributed by atoms with E-state index in [1.165, 1.54) is 24.3 Å². The third-order valence-corrected chi connectivity index (χ3v) is 5.67. The van der Waals surface area contributed by atoms with Crippen LogP contribution < -0.4 is 10.6 Å². The van der Waals surface area contributed by atoms with E-state index >= 15 is 0 Å². The number of piperidine rings is 1. The minimum atomic E-state index is -0.855. The van der Waals surface area contributed by atoms with E-state index in [9.17, 15) is 18.4 Å². The van der Waals surface area contributed by atoms with E-state index in [0.29, 0.717) is 22.7 Å². The van der Waals surface area contributed by atoms with Crippen LogP contribution in [0.5, 0.6) is 0 Å². The van der Waals surface area contributed by atoms with Gasteiger partial charge < -0.3 is 10.6 Å². The number of carbonyl (C=O) groups excluding carboxylic acids is 2. The van der Waals surface area contributed by atoms with Gasteiger partial charge >= 0.3 is 0 Å². The van der Waals surface area contributed by atoms with Gasteiger partial charge in [0.15, 0.2) is 11.6 Å². The van der Waals surface area contributed by atoms with E-state index in [1.807, 2.05) is 0 Å². The van der Waals surface area contributed by atoms with Crippen LogP contribution in [-0.4, -0.2) is 42.4 Å². The van der Waals surface area contributed by atoms with Gasteiger partial charge in [-0.1, -0.05) is 29.3 Å². The molecule has 0 radical (unpaired) electrons. The van der Waals surface area contributed by atoms with Crippen molar-refractivity contribution in [2.24, 2.45) is 0 Å². The van der Waals surface area contributed by atoms with Crippen LogP contribution >= 0.6 is 23.2 Å². The maximum atomic E-state index is 13.3. The topological polar surface area (TPSA) is 61.4 Å². The minimum absolute atomic E-state index is 0.000539. The molecular weight excluding hydrogens is 435 g/mol. The van der Waals surface area contributed by atoms with Gasteiger partial charge in [0.2, 0.25) is 5.91 Å². The van der Waals surface area contributed by atoms with Crippen LogP contribution in [0.2, 0.25) is 10.0 Å². The highest BCUT2D eigenvalue weighted by molar-refractivity contribution is 6.42. The Balaban J connectivity index is 1.40. The number of rotatable bonds is 6. The van der Waals surface area contributed by atoms with Crippen molar-refractivity contribution >= 4 is 35.0 Å². The standard InChI is InChI=1S/C21H21Cl2F2N3O2/c22-16-3-2-14(10-17(16)23)21(30)26-11-20(29)27-15-5-7-28(8-6-15)12-13-1-4-18(24)19(25)9-13/h1-4,9-10,15H,5-8,11-12H2,(H,26,30)(H,27,29). The van der Waals surface area contributed by atoms with Crippen LogP contribution in [0.15, 0.2) is 36.4 Å². The molecule has 0 unspecified atom stereocenters. The number of hydrogen-bond donors (Lipinski definition) is 2. The summed E-state index contributed by atoms with van der Waals surface area (Å²) in [6.45, 7) is 1.82. The molecule has 160 valence electrons.